The lowest BCUT2D eigenvalue weighted by Gasteiger charge is -2.05. The molecule has 0 bridgehead atoms. The van der Waals surface area contributed by atoms with Crippen molar-refractivity contribution in [2.75, 3.05) is 33.5 Å². The average molecular weight is 255 g/mol. The topological polar surface area (TPSA) is 76.2 Å². The van der Waals surface area contributed by atoms with Crippen LogP contribution < -0.4 is 5.32 Å². The van der Waals surface area contributed by atoms with Gasteiger partial charge in [-0.05, 0) is 19.8 Å². The van der Waals surface area contributed by atoms with Crippen LogP contribution in [0.5, 0.6) is 0 Å². The van der Waals surface area contributed by atoms with Gasteiger partial charge in [0.15, 0.2) is 0 Å². The summed E-state index contributed by atoms with van der Waals surface area (Å²) in [5.41, 5.74) is 1.39. The Bertz CT molecular complexity index is 352. The summed E-state index contributed by atoms with van der Waals surface area (Å²) < 4.78 is 10.2. The van der Waals surface area contributed by atoms with Crippen LogP contribution in [0.4, 0.5) is 0 Å². The van der Waals surface area contributed by atoms with E-state index >= 15 is 0 Å². The highest BCUT2D eigenvalue weighted by Crippen LogP contribution is 2.01. The van der Waals surface area contributed by atoms with E-state index < -0.39 is 0 Å². The number of hydrogen-bond donors (Lipinski definition) is 2. The fourth-order valence-corrected chi connectivity index (χ4v) is 1.45. The van der Waals surface area contributed by atoms with Crippen molar-refractivity contribution in [3.8, 4) is 0 Å². The summed E-state index contributed by atoms with van der Waals surface area (Å²) >= 11 is 0. The molecule has 6 heteroatoms. The number of ether oxygens (including phenoxy) is 2. The normalized spacial score (nSPS) is 10.6. The van der Waals surface area contributed by atoms with E-state index in [1.54, 1.807) is 13.3 Å². The number of aromatic nitrogens is 2. The first-order chi connectivity index (χ1) is 8.75. The summed E-state index contributed by atoms with van der Waals surface area (Å²) in [6, 6.07) is 0. The van der Waals surface area contributed by atoms with Gasteiger partial charge in [-0.2, -0.15) is 5.10 Å². The summed E-state index contributed by atoms with van der Waals surface area (Å²) in [7, 11) is 1.65. The van der Waals surface area contributed by atoms with Crippen LogP contribution in [-0.2, 0) is 9.47 Å². The maximum absolute atomic E-state index is 11.7. The Labute approximate surface area is 107 Å². The highest BCUT2D eigenvalue weighted by molar-refractivity contribution is 5.94. The van der Waals surface area contributed by atoms with Crippen molar-refractivity contribution in [3.05, 3.63) is 17.5 Å². The Morgan fingerprint density at radius 3 is 2.89 bits per heavy atom. The van der Waals surface area contributed by atoms with Gasteiger partial charge < -0.3 is 14.8 Å². The molecule has 6 nitrogen and oxygen atoms in total. The van der Waals surface area contributed by atoms with Crippen molar-refractivity contribution in [3.63, 3.8) is 0 Å². The van der Waals surface area contributed by atoms with E-state index in [9.17, 15) is 4.79 Å². The summed E-state index contributed by atoms with van der Waals surface area (Å²) in [4.78, 5) is 11.7. The zero-order chi connectivity index (χ0) is 13.2. The van der Waals surface area contributed by atoms with Gasteiger partial charge in [0.05, 0.1) is 25.0 Å². The summed E-state index contributed by atoms with van der Waals surface area (Å²) in [6.45, 7) is 4.42. The van der Waals surface area contributed by atoms with Gasteiger partial charge in [0.1, 0.15) is 0 Å². The van der Waals surface area contributed by atoms with Gasteiger partial charge in [-0.3, -0.25) is 9.89 Å². The molecule has 0 fully saturated rings. The Kier molecular flexibility index (Phi) is 7.05. The third-order valence-electron chi connectivity index (χ3n) is 2.51. The second kappa shape index (κ2) is 8.66. The maximum Gasteiger partial charge on any atom is 0.254 e. The largest absolute Gasteiger partial charge is 0.382 e. The Balaban J connectivity index is 2.01. The molecule has 1 heterocycles. The molecule has 1 aromatic heterocycles. The second-order valence-corrected chi connectivity index (χ2v) is 3.98. The first-order valence-corrected chi connectivity index (χ1v) is 6.10. The lowest BCUT2D eigenvalue weighted by atomic mass is 10.2. The van der Waals surface area contributed by atoms with Crippen molar-refractivity contribution in [1.29, 1.82) is 0 Å². The summed E-state index contributed by atoms with van der Waals surface area (Å²) in [6.07, 6.45) is 3.36. The van der Waals surface area contributed by atoms with E-state index in [0.717, 1.165) is 18.5 Å². The van der Waals surface area contributed by atoms with Crippen molar-refractivity contribution < 1.29 is 14.3 Å². The molecule has 1 amide bonds. The SMILES string of the molecule is COCCOCCCCNC(=O)c1cn[nH]c1C. The van der Waals surface area contributed by atoms with Crippen LogP contribution >= 0.6 is 0 Å². The number of nitrogens with one attached hydrogen (secondary N) is 2. The smallest absolute Gasteiger partial charge is 0.254 e. The first kappa shape index (κ1) is 14.7. The predicted molar refractivity (Wildman–Crippen MR) is 67.6 cm³/mol. The van der Waals surface area contributed by atoms with E-state index in [4.69, 9.17) is 9.47 Å². The molecule has 1 rings (SSSR count). The molecule has 0 saturated heterocycles. The molecule has 0 aromatic carbocycles. The van der Waals surface area contributed by atoms with Crippen LogP contribution in [-0.4, -0.2) is 49.6 Å². The molecule has 0 aliphatic heterocycles. The predicted octanol–water partition coefficient (Wildman–Crippen LogP) is 0.891. The first-order valence-electron chi connectivity index (χ1n) is 6.10. The number of aromatic amines is 1. The third-order valence-corrected chi connectivity index (χ3v) is 2.51. The number of amides is 1. The molecule has 18 heavy (non-hydrogen) atoms. The third kappa shape index (κ3) is 5.29. The zero-order valence-electron chi connectivity index (χ0n) is 11.0. The van der Waals surface area contributed by atoms with E-state index in [1.165, 1.54) is 0 Å². The molecule has 0 aliphatic carbocycles. The molecule has 0 radical (unpaired) electrons. The molecule has 0 saturated carbocycles. The number of carbonyl (C=O) groups is 1. The minimum Gasteiger partial charge on any atom is -0.382 e. The summed E-state index contributed by atoms with van der Waals surface area (Å²) in [5.74, 6) is -0.0819. The van der Waals surface area contributed by atoms with Gasteiger partial charge in [-0.25, -0.2) is 0 Å². The van der Waals surface area contributed by atoms with Gasteiger partial charge in [-0.1, -0.05) is 0 Å². The van der Waals surface area contributed by atoms with Gasteiger partial charge in [0.25, 0.3) is 5.91 Å². The van der Waals surface area contributed by atoms with Crippen LogP contribution in [0, 0.1) is 6.92 Å². The highest BCUT2D eigenvalue weighted by Gasteiger charge is 2.09. The van der Waals surface area contributed by atoms with Crippen molar-refractivity contribution in [1.82, 2.24) is 15.5 Å². The molecule has 102 valence electrons. The summed E-state index contributed by atoms with van der Waals surface area (Å²) in [5, 5.41) is 9.40. The molecular formula is C12H21N3O3. The van der Waals surface area contributed by atoms with E-state index in [1.807, 2.05) is 6.92 Å². The monoisotopic (exact) mass is 255 g/mol. The number of hydrogen-bond acceptors (Lipinski definition) is 4. The fraction of sp³-hybridized carbons (Fsp3) is 0.667. The van der Waals surface area contributed by atoms with Gasteiger partial charge in [0.2, 0.25) is 0 Å². The second-order valence-electron chi connectivity index (χ2n) is 3.98. The number of aryl methyl sites for hydroxylation is 1. The lowest BCUT2D eigenvalue weighted by molar-refractivity contribution is 0.0686. The standard InChI is InChI=1S/C12H21N3O3/c1-10-11(9-14-15-10)12(16)13-5-3-4-6-18-8-7-17-2/h9H,3-8H2,1-2H3,(H,13,16)(H,14,15). The van der Waals surface area contributed by atoms with Crippen molar-refractivity contribution >= 4 is 5.91 Å². The van der Waals surface area contributed by atoms with E-state index in [2.05, 4.69) is 15.5 Å². The van der Waals surface area contributed by atoms with Gasteiger partial charge in [-0.15, -0.1) is 0 Å². The van der Waals surface area contributed by atoms with Gasteiger partial charge >= 0.3 is 0 Å². The van der Waals surface area contributed by atoms with Crippen molar-refractivity contribution in [2.45, 2.75) is 19.8 Å². The number of carbonyl (C=O) groups excluding carboxylic acids is 1. The minimum atomic E-state index is -0.0819. The number of H-pyrrole nitrogens is 1. The quantitative estimate of drug-likeness (QED) is 0.643. The number of nitrogens with zero attached hydrogens (tertiary/aromatic N) is 1. The van der Waals surface area contributed by atoms with Crippen LogP contribution in [0.15, 0.2) is 6.20 Å². The molecule has 1 aromatic rings. The van der Waals surface area contributed by atoms with E-state index in [0.29, 0.717) is 31.9 Å². The molecule has 2 N–H and O–H groups in total. The molecule has 0 atom stereocenters. The minimum absolute atomic E-state index is 0.0819. The number of methoxy groups -OCH3 is 1. The number of rotatable bonds is 9. The van der Waals surface area contributed by atoms with Crippen LogP contribution in [0.2, 0.25) is 0 Å². The molecule has 0 aliphatic rings. The maximum atomic E-state index is 11.7. The fourth-order valence-electron chi connectivity index (χ4n) is 1.45. The number of unbranched alkanes of at least 4 members (excludes halogenated alkanes) is 1. The molecule has 0 unspecified atom stereocenters. The highest BCUT2D eigenvalue weighted by atomic mass is 16.5. The van der Waals surface area contributed by atoms with Crippen LogP contribution in [0.25, 0.3) is 0 Å². The average Bonchev–Trinajstić information content (AvgIpc) is 2.79. The van der Waals surface area contributed by atoms with E-state index in [-0.39, 0.29) is 5.91 Å². The Morgan fingerprint density at radius 1 is 1.39 bits per heavy atom. The molecule has 0 spiro atoms. The Morgan fingerprint density at radius 2 is 2.22 bits per heavy atom. The molecular weight excluding hydrogens is 234 g/mol. The van der Waals surface area contributed by atoms with Crippen LogP contribution in [0.3, 0.4) is 0 Å². The lowest BCUT2D eigenvalue weighted by Crippen LogP contribution is -2.24. The van der Waals surface area contributed by atoms with Gasteiger partial charge in [0, 0.05) is 26.0 Å². The Hall–Kier alpha value is -1.40. The van der Waals surface area contributed by atoms with Crippen LogP contribution in [0.1, 0.15) is 28.9 Å². The van der Waals surface area contributed by atoms with Crippen molar-refractivity contribution in [2.24, 2.45) is 0 Å². The zero-order valence-corrected chi connectivity index (χ0v) is 11.0.